The average Bonchev–Trinajstić information content (AvgIpc) is 3.16. The topological polar surface area (TPSA) is 71.4 Å². The minimum atomic E-state index is -3.72. The van der Waals surface area contributed by atoms with Crippen LogP contribution < -0.4 is 5.32 Å². The number of carbonyl (C=O) groups excluding carboxylic acids is 1. The van der Waals surface area contributed by atoms with Crippen LogP contribution in [-0.4, -0.2) is 29.7 Å². The lowest BCUT2D eigenvalue weighted by atomic mass is 10.0. The van der Waals surface area contributed by atoms with E-state index in [2.05, 4.69) is 9.88 Å². The molecule has 1 N–H and O–H groups in total. The van der Waals surface area contributed by atoms with Crippen molar-refractivity contribution in [2.45, 2.75) is 24.4 Å². The van der Waals surface area contributed by atoms with Gasteiger partial charge in [-0.1, -0.05) is 30.3 Å². The summed E-state index contributed by atoms with van der Waals surface area (Å²) in [6, 6.07) is 19.5. The summed E-state index contributed by atoms with van der Waals surface area (Å²) in [5.74, 6) is -0.198. The zero-order valence-electron chi connectivity index (χ0n) is 15.4. The van der Waals surface area contributed by atoms with Crippen molar-refractivity contribution in [3.05, 3.63) is 84.2 Å². The Labute approximate surface area is 164 Å². The molecule has 3 aromatic rings. The maximum absolute atomic E-state index is 13.5. The molecular weight excluding hydrogens is 374 g/mol. The van der Waals surface area contributed by atoms with Crippen LogP contribution >= 0.6 is 0 Å². The highest BCUT2D eigenvalue weighted by Gasteiger charge is 2.37. The van der Waals surface area contributed by atoms with E-state index < -0.39 is 10.0 Å². The van der Waals surface area contributed by atoms with Gasteiger partial charge in [-0.25, -0.2) is 8.42 Å². The summed E-state index contributed by atoms with van der Waals surface area (Å²) in [4.78, 5) is 11.4. The van der Waals surface area contributed by atoms with Gasteiger partial charge in [-0.15, -0.1) is 0 Å². The van der Waals surface area contributed by atoms with Crippen molar-refractivity contribution in [3.63, 3.8) is 0 Å². The number of rotatable bonds is 4. The fraction of sp³-hybridized carbons (Fsp3) is 0.190. The Kier molecular flexibility index (Phi) is 4.78. The SMILES string of the molecule is CC(=O)Nc1ccc(S(=O)(=O)N2CCn3cccc3[C@H]2c2ccccc2)cc1. The first-order valence-corrected chi connectivity index (χ1v) is 10.5. The van der Waals surface area contributed by atoms with E-state index in [1.54, 1.807) is 16.4 Å². The third-order valence-electron chi connectivity index (χ3n) is 4.89. The molecule has 0 saturated heterocycles. The number of carbonyl (C=O) groups is 1. The minimum Gasteiger partial charge on any atom is -0.348 e. The molecule has 0 saturated carbocycles. The Balaban J connectivity index is 1.74. The van der Waals surface area contributed by atoms with Crippen LogP contribution in [0, 0.1) is 0 Å². The fourth-order valence-corrected chi connectivity index (χ4v) is 5.22. The van der Waals surface area contributed by atoms with E-state index >= 15 is 0 Å². The summed E-state index contributed by atoms with van der Waals surface area (Å²) in [6.07, 6.45) is 1.98. The van der Waals surface area contributed by atoms with Crippen LogP contribution in [0.2, 0.25) is 0 Å². The van der Waals surface area contributed by atoms with Crippen LogP contribution in [0.3, 0.4) is 0 Å². The lowest BCUT2D eigenvalue weighted by Crippen LogP contribution is -2.42. The molecule has 144 valence electrons. The molecule has 2 aromatic carbocycles. The molecule has 1 aromatic heterocycles. The van der Waals surface area contributed by atoms with Crippen molar-refractivity contribution in [3.8, 4) is 0 Å². The normalized spacial score (nSPS) is 17.1. The fourth-order valence-electron chi connectivity index (χ4n) is 3.64. The highest BCUT2D eigenvalue weighted by molar-refractivity contribution is 7.89. The standard InChI is InChI=1S/C21H21N3O3S/c1-16(25)22-18-9-11-19(12-10-18)28(26,27)24-15-14-23-13-5-8-20(23)21(24)17-6-3-2-4-7-17/h2-13,21H,14-15H2,1H3,(H,22,25)/t21-/m1/s1. The van der Waals surface area contributed by atoms with E-state index in [-0.39, 0.29) is 16.8 Å². The van der Waals surface area contributed by atoms with Crippen molar-refractivity contribution in [1.29, 1.82) is 0 Å². The van der Waals surface area contributed by atoms with Gasteiger partial charge in [0.1, 0.15) is 0 Å². The molecule has 1 aliphatic rings. The molecule has 4 rings (SSSR count). The minimum absolute atomic E-state index is 0.198. The molecule has 0 spiro atoms. The van der Waals surface area contributed by atoms with Gasteiger partial charge in [0.15, 0.2) is 0 Å². The maximum atomic E-state index is 13.5. The Morgan fingerprint density at radius 3 is 2.36 bits per heavy atom. The zero-order valence-corrected chi connectivity index (χ0v) is 16.3. The van der Waals surface area contributed by atoms with E-state index in [1.807, 2.05) is 48.7 Å². The number of hydrogen-bond acceptors (Lipinski definition) is 3. The molecule has 1 atom stereocenters. The number of hydrogen-bond donors (Lipinski definition) is 1. The number of fused-ring (bicyclic) bond motifs is 1. The van der Waals surface area contributed by atoms with Gasteiger partial charge in [-0.2, -0.15) is 4.31 Å². The summed E-state index contributed by atoms with van der Waals surface area (Å²) >= 11 is 0. The Morgan fingerprint density at radius 2 is 1.68 bits per heavy atom. The number of nitrogens with one attached hydrogen (secondary N) is 1. The first kappa shape index (κ1) is 18.5. The smallest absolute Gasteiger partial charge is 0.244 e. The highest BCUT2D eigenvalue weighted by Crippen LogP contribution is 2.36. The third-order valence-corrected chi connectivity index (χ3v) is 6.77. The second-order valence-corrected chi connectivity index (χ2v) is 8.65. The van der Waals surface area contributed by atoms with Crippen LogP contribution in [-0.2, 0) is 21.4 Å². The number of anilines is 1. The molecular formula is C21H21N3O3S. The van der Waals surface area contributed by atoms with Crippen LogP contribution in [0.15, 0.2) is 77.8 Å². The van der Waals surface area contributed by atoms with Crippen molar-refractivity contribution >= 4 is 21.6 Å². The van der Waals surface area contributed by atoms with Crippen molar-refractivity contribution in [2.75, 3.05) is 11.9 Å². The van der Waals surface area contributed by atoms with Gasteiger partial charge in [0.05, 0.1) is 10.9 Å². The first-order chi connectivity index (χ1) is 13.5. The van der Waals surface area contributed by atoms with Gasteiger partial charge in [0, 0.05) is 37.6 Å². The quantitative estimate of drug-likeness (QED) is 0.737. The molecule has 0 radical (unpaired) electrons. The number of sulfonamides is 1. The van der Waals surface area contributed by atoms with Crippen molar-refractivity contribution in [1.82, 2.24) is 8.87 Å². The Morgan fingerprint density at radius 1 is 0.964 bits per heavy atom. The molecule has 6 nitrogen and oxygen atoms in total. The monoisotopic (exact) mass is 395 g/mol. The second kappa shape index (κ2) is 7.26. The number of amides is 1. The second-order valence-electron chi connectivity index (χ2n) is 6.76. The van der Waals surface area contributed by atoms with Gasteiger partial charge >= 0.3 is 0 Å². The van der Waals surface area contributed by atoms with E-state index in [0.29, 0.717) is 18.8 Å². The summed E-state index contributed by atoms with van der Waals surface area (Å²) in [7, 11) is -3.72. The molecule has 0 aliphatic carbocycles. The highest BCUT2D eigenvalue weighted by atomic mass is 32.2. The summed E-state index contributed by atoms with van der Waals surface area (Å²) in [5.41, 5.74) is 2.45. The molecule has 28 heavy (non-hydrogen) atoms. The van der Waals surface area contributed by atoms with Gasteiger partial charge in [0.25, 0.3) is 0 Å². The number of benzene rings is 2. The summed E-state index contributed by atoms with van der Waals surface area (Å²) < 4.78 is 30.6. The first-order valence-electron chi connectivity index (χ1n) is 9.06. The lowest BCUT2D eigenvalue weighted by molar-refractivity contribution is -0.114. The molecule has 2 heterocycles. The molecule has 0 bridgehead atoms. The van der Waals surface area contributed by atoms with Crippen LogP contribution in [0.4, 0.5) is 5.69 Å². The largest absolute Gasteiger partial charge is 0.348 e. The summed E-state index contributed by atoms with van der Waals surface area (Å²) in [6.45, 7) is 2.41. The van der Waals surface area contributed by atoms with Crippen molar-refractivity contribution in [2.24, 2.45) is 0 Å². The average molecular weight is 395 g/mol. The van der Waals surface area contributed by atoms with Crippen LogP contribution in [0.5, 0.6) is 0 Å². The van der Waals surface area contributed by atoms with E-state index in [1.165, 1.54) is 19.1 Å². The molecule has 0 fully saturated rings. The van der Waals surface area contributed by atoms with E-state index in [0.717, 1.165) is 11.3 Å². The Hall–Kier alpha value is -2.90. The zero-order chi connectivity index (χ0) is 19.7. The van der Waals surface area contributed by atoms with Gasteiger partial charge in [0.2, 0.25) is 15.9 Å². The van der Waals surface area contributed by atoms with Gasteiger partial charge in [-0.05, 0) is 42.0 Å². The summed E-state index contributed by atoms with van der Waals surface area (Å²) in [5, 5.41) is 2.66. The van der Waals surface area contributed by atoms with E-state index in [4.69, 9.17) is 0 Å². The predicted octanol–water partition coefficient (Wildman–Crippen LogP) is 3.24. The number of aromatic nitrogens is 1. The lowest BCUT2D eigenvalue weighted by Gasteiger charge is -2.36. The Bertz CT molecular complexity index is 1090. The van der Waals surface area contributed by atoms with Gasteiger partial charge < -0.3 is 9.88 Å². The van der Waals surface area contributed by atoms with Crippen LogP contribution in [0.1, 0.15) is 24.2 Å². The molecule has 7 heteroatoms. The van der Waals surface area contributed by atoms with Crippen LogP contribution in [0.25, 0.3) is 0 Å². The van der Waals surface area contributed by atoms with E-state index in [9.17, 15) is 13.2 Å². The number of nitrogens with zero attached hydrogens (tertiary/aromatic N) is 2. The van der Waals surface area contributed by atoms with Crippen molar-refractivity contribution < 1.29 is 13.2 Å². The molecule has 1 amide bonds. The maximum Gasteiger partial charge on any atom is 0.244 e. The predicted molar refractivity (Wildman–Crippen MR) is 107 cm³/mol. The third kappa shape index (κ3) is 3.34. The van der Waals surface area contributed by atoms with Gasteiger partial charge in [-0.3, -0.25) is 4.79 Å². The molecule has 1 aliphatic heterocycles. The molecule has 0 unspecified atom stereocenters.